The van der Waals surface area contributed by atoms with Crippen molar-refractivity contribution >= 4 is 16.9 Å². The molecule has 6 heteroatoms. The van der Waals surface area contributed by atoms with Crippen molar-refractivity contribution in [3.05, 3.63) is 68.6 Å². The lowest BCUT2D eigenvalue weighted by Gasteiger charge is -2.26. The quantitative estimate of drug-likeness (QED) is 0.263. The van der Waals surface area contributed by atoms with E-state index in [0.717, 1.165) is 42.4 Å². The van der Waals surface area contributed by atoms with Crippen molar-refractivity contribution in [3.63, 3.8) is 0 Å². The van der Waals surface area contributed by atoms with Gasteiger partial charge in [0.2, 0.25) is 5.76 Å². The molecule has 1 amide bonds. The Morgan fingerprint density at radius 1 is 1.00 bits per heavy atom. The number of fused-ring (bicyclic) bond motifs is 2. The Hall–Kier alpha value is -3.28. The molecule has 0 saturated carbocycles. The summed E-state index contributed by atoms with van der Waals surface area (Å²) in [6, 6.07) is 9.03. The SMILES string of the molecule is CCCCCN1C(=O)c2oc3cc(C)cc(C)c3c(=O)c2C1c1ccc(OCCC(C)C)c(OCC)c1. The van der Waals surface area contributed by atoms with Crippen LogP contribution in [0.25, 0.3) is 11.0 Å². The molecule has 4 rings (SSSR count). The van der Waals surface area contributed by atoms with Crippen molar-refractivity contribution in [2.75, 3.05) is 19.8 Å². The van der Waals surface area contributed by atoms with Crippen LogP contribution in [0.15, 0.2) is 39.5 Å². The van der Waals surface area contributed by atoms with Crippen LogP contribution in [0.4, 0.5) is 0 Å². The minimum atomic E-state index is -0.537. The topological polar surface area (TPSA) is 69.0 Å². The first kappa shape index (κ1) is 26.8. The van der Waals surface area contributed by atoms with Gasteiger partial charge in [0.1, 0.15) is 5.58 Å². The molecule has 0 fully saturated rings. The van der Waals surface area contributed by atoms with Crippen LogP contribution in [-0.2, 0) is 0 Å². The normalized spacial score (nSPS) is 15.1. The van der Waals surface area contributed by atoms with Crippen molar-refractivity contribution in [1.82, 2.24) is 4.90 Å². The molecule has 1 unspecified atom stereocenters. The number of unbranched alkanes of at least 4 members (excludes halogenated alkanes) is 2. The zero-order valence-electron chi connectivity index (χ0n) is 23.0. The predicted octanol–water partition coefficient (Wildman–Crippen LogP) is 6.97. The fourth-order valence-corrected chi connectivity index (χ4v) is 5.11. The minimum absolute atomic E-state index is 0.139. The zero-order valence-corrected chi connectivity index (χ0v) is 23.0. The summed E-state index contributed by atoms with van der Waals surface area (Å²) in [7, 11) is 0. The summed E-state index contributed by atoms with van der Waals surface area (Å²) in [6.45, 7) is 13.9. The molecule has 37 heavy (non-hydrogen) atoms. The Bertz CT molecular complexity index is 1340. The van der Waals surface area contributed by atoms with E-state index in [2.05, 4.69) is 20.8 Å². The molecule has 1 atom stereocenters. The number of ether oxygens (including phenoxy) is 2. The number of aryl methyl sites for hydroxylation is 2. The maximum Gasteiger partial charge on any atom is 0.290 e. The number of amides is 1. The van der Waals surface area contributed by atoms with E-state index in [4.69, 9.17) is 13.9 Å². The van der Waals surface area contributed by atoms with Gasteiger partial charge in [-0.1, -0.05) is 45.7 Å². The minimum Gasteiger partial charge on any atom is -0.490 e. The first-order chi connectivity index (χ1) is 17.8. The lowest BCUT2D eigenvalue weighted by atomic mass is 9.96. The third-order valence-corrected chi connectivity index (χ3v) is 6.95. The third-order valence-electron chi connectivity index (χ3n) is 6.95. The Labute approximate surface area is 219 Å². The van der Waals surface area contributed by atoms with Gasteiger partial charge < -0.3 is 18.8 Å². The van der Waals surface area contributed by atoms with Crippen LogP contribution in [0.1, 0.15) is 92.2 Å². The summed E-state index contributed by atoms with van der Waals surface area (Å²) in [6.07, 6.45) is 3.83. The van der Waals surface area contributed by atoms with E-state index in [-0.39, 0.29) is 17.1 Å². The summed E-state index contributed by atoms with van der Waals surface area (Å²) in [5, 5.41) is 0.538. The van der Waals surface area contributed by atoms with E-state index in [1.807, 2.05) is 51.1 Å². The molecule has 198 valence electrons. The first-order valence-electron chi connectivity index (χ1n) is 13.5. The number of hydrogen-bond donors (Lipinski definition) is 0. The molecule has 3 aromatic rings. The Kier molecular flexibility index (Phi) is 8.25. The largest absolute Gasteiger partial charge is 0.490 e. The van der Waals surface area contributed by atoms with Gasteiger partial charge in [-0.3, -0.25) is 9.59 Å². The summed E-state index contributed by atoms with van der Waals surface area (Å²) in [5.41, 5.74) is 3.40. The molecule has 0 aliphatic carbocycles. The van der Waals surface area contributed by atoms with Crippen molar-refractivity contribution < 1.29 is 18.7 Å². The molecule has 0 radical (unpaired) electrons. The fourth-order valence-electron chi connectivity index (χ4n) is 5.11. The molecule has 0 bridgehead atoms. The molecule has 0 N–H and O–H groups in total. The van der Waals surface area contributed by atoms with Gasteiger partial charge in [-0.15, -0.1) is 0 Å². The van der Waals surface area contributed by atoms with E-state index in [0.29, 0.717) is 53.7 Å². The van der Waals surface area contributed by atoms with E-state index in [9.17, 15) is 9.59 Å². The highest BCUT2D eigenvalue weighted by molar-refractivity contribution is 5.99. The maximum absolute atomic E-state index is 13.9. The Morgan fingerprint density at radius 2 is 1.78 bits per heavy atom. The summed E-state index contributed by atoms with van der Waals surface area (Å²) < 4.78 is 18.2. The fraction of sp³-hybridized carbons (Fsp3) is 0.484. The average molecular weight is 506 g/mol. The van der Waals surface area contributed by atoms with Crippen LogP contribution in [0, 0.1) is 19.8 Å². The second-order valence-corrected chi connectivity index (χ2v) is 10.4. The van der Waals surface area contributed by atoms with Gasteiger partial charge in [0.05, 0.1) is 30.2 Å². The van der Waals surface area contributed by atoms with Crippen molar-refractivity contribution in [2.24, 2.45) is 5.92 Å². The van der Waals surface area contributed by atoms with Gasteiger partial charge in [-0.05, 0) is 74.4 Å². The third kappa shape index (κ3) is 5.39. The lowest BCUT2D eigenvalue weighted by Crippen LogP contribution is -2.30. The van der Waals surface area contributed by atoms with E-state index < -0.39 is 6.04 Å². The number of benzene rings is 2. The number of nitrogens with zero attached hydrogens (tertiary/aromatic N) is 1. The van der Waals surface area contributed by atoms with E-state index in [1.165, 1.54) is 0 Å². The second-order valence-electron chi connectivity index (χ2n) is 10.4. The molecule has 1 aliphatic rings. The van der Waals surface area contributed by atoms with Gasteiger partial charge in [-0.2, -0.15) is 0 Å². The molecular weight excluding hydrogens is 466 g/mol. The second kappa shape index (κ2) is 11.4. The van der Waals surface area contributed by atoms with Gasteiger partial charge in [-0.25, -0.2) is 0 Å². The standard InChI is InChI=1S/C31H39NO5/c1-7-9-10-14-32-28(22-11-12-23(24(18-22)35-8-2)36-15-13-19(3)4)27-29(33)26-21(6)16-20(5)17-25(26)37-30(27)31(32)34/h11-12,16-19,28H,7-10,13-15H2,1-6H3. The van der Waals surface area contributed by atoms with Crippen molar-refractivity contribution in [2.45, 2.75) is 73.3 Å². The molecular formula is C31H39NO5. The van der Waals surface area contributed by atoms with Crippen molar-refractivity contribution in [3.8, 4) is 11.5 Å². The molecule has 2 aromatic carbocycles. The number of carbonyl (C=O) groups is 1. The Morgan fingerprint density at radius 3 is 2.49 bits per heavy atom. The van der Waals surface area contributed by atoms with Crippen LogP contribution in [-0.4, -0.2) is 30.6 Å². The van der Waals surface area contributed by atoms with Crippen LogP contribution in [0.3, 0.4) is 0 Å². The maximum atomic E-state index is 13.9. The highest BCUT2D eigenvalue weighted by Gasteiger charge is 2.42. The number of rotatable bonds is 11. The molecule has 1 aliphatic heterocycles. The van der Waals surface area contributed by atoms with Crippen LogP contribution >= 0.6 is 0 Å². The number of carbonyl (C=O) groups excluding carboxylic acids is 1. The van der Waals surface area contributed by atoms with Crippen LogP contribution in [0.5, 0.6) is 11.5 Å². The Balaban J connectivity index is 1.84. The van der Waals surface area contributed by atoms with Gasteiger partial charge >= 0.3 is 0 Å². The molecule has 0 spiro atoms. The average Bonchev–Trinajstić information content (AvgIpc) is 3.11. The zero-order chi connectivity index (χ0) is 26.7. The molecule has 0 saturated heterocycles. The monoisotopic (exact) mass is 505 g/mol. The van der Waals surface area contributed by atoms with Gasteiger partial charge in [0.15, 0.2) is 16.9 Å². The van der Waals surface area contributed by atoms with E-state index in [1.54, 1.807) is 4.90 Å². The van der Waals surface area contributed by atoms with Crippen LogP contribution < -0.4 is 14.9 Å². The van der Waals surface area contributed by atoms with Gasteiger partial charge in [0.25, 0.3) is 5.91 Å². The highest BCUT2D eigenvalue weighted by atomic mass is 16.5. The number of hydrogen-bond acceptors (Lipinski definition) is 5. The summed E-state index contributed by atoms with van der Waals surface area (Å²) in [5.74, 6) is 1.75. The van der Waals surface area contributed by atoms with E-state index >= 15 is 0 Å². The smallest absolute Gasteiger partial charge is 0.290 e. The predicted molar refractivity (Wildman–Crippen MR) is 147 cm³/mol. The summed E-state index contributed by atoms with van der Waals surface area (Å²) >= 11 is 0. The van der Waals surface area contributed by atoms with Crippen molar-refractivity contribution in [1.29, 1.82) is 0 Å². The highest BCUT2D eigenvalue weighted by Crippen LogP contribution is 2.41. The first-order valence-corrected chi connectivity index (χ1v) is 13.5. The molecule has 2 heterocycles. The van der Waals surface area contributed by atoms with Crippen LogP contribution in [0.2, 0.25) is 0 Å². The molecule has 1 aromatic heterocycles. The van der Waals surface area contributed by atoms with Gasteiger partial charge in [0, 0.05) is 6.54 Å². The lowest BCUT2D eigenvalue weighted by molar-refractivity contribution is 0.0724. The molecule has 6 nitrogen and oxygen atoms in total. The summed E-state index contributed by atoms with van der Waals surface area (Å²) in [4.78, 5) is 29.4.